The number of sulfonamides is 1. The Hall–Kier alpha value is -1.54. The number of aromatic nitrogens is 1. The highest BCUT2D eigenvalue weighted by Gasteiger charge is 2.37. The second kappa shape index (κ2) is 4.62. The molecule has 1 aliphatic carbocycles. The first kappa shape index (κ1) is 12.9. The maximum absolute atomic E-state index is 13.4. The van der Waals surface area contributed by atoms with E-state index >= 15 is 0 Å². The number of rotatable bonds is 5. The molecule has 0 bridgehead atoms. The molecule has 1 fully saturated rings. The van der Waals surface area contributed by atoms with Gasteiger partial charge in [0.1, 0.15) is 5.84 Å². The molecule has 6 nitrogen and oxygen atoms in total. The molecule has 0 aliphatic heterocycles. The van der Waals surface area contributed by atoms with E-state index in [1.807, 2.05) is 0 Å². The van der Waals surface area contributed by atoms with E-state index in [1.54, 1.807) is 0 Å². The van der Waals surface area contributed by atoms with Gasteiger partial charge in [0.15, 0.2) is 5.82 Å². The van der Waals surface area contributed by atoms with Crippen LogP contribution in [0.25, 0.3) is 0 Å². The number of nitrogens with one attached hydrogen (secondary N) is 2. The third kappa shape index (κ3) is 2.65. The van der Waals surface area contributed by atoms with Crippen molar-refractivity contribution in [2.24, 2.45) is 11.7 Å². The summed E-state index contributed by atoms with van der Waals surface area (Å²) in [4.78, 5) is 3.51. The molecule has 4 N–H and O–H groups in total. The zero-order valence-corrected chi connectivity index (χ0v) is 10.2. The highest BCUT2D eigenvalue weighted by Crippen LogP contribution is 2.33. The third-order valence-corrected chi connectivity index (χ3v) is 4.06. The molecule has 98 valence electrons. The summed E-state index contributed by atoms with van der Waals surface area (Å²) in [5.41, 5.74) is 5.34. The topological polar surface area (TPSA) is 109 Å². The van der Waals surface area contributed by atoms with Gasteiger partial charge in [-0.1, -0.05) is 0 Å². The maximum atomic E-state index is 13.4. The number of pyridine rings is 1. The van der Waals surface area contributed by atoms with Crippen LogP contribution in [-0.4, -0.2) is 25.3 Å². The number of hydrogen-bond donors (Lipinski definition) is 3. The smallest absolute Gasteiger partial charge is 0.261 e. The van der Waals surface area contributed by atoms with E-state index in [0.29, 0.717) is 0 Å². The van der Waals surface area contributed by atoms with Gasteiger partial charge in [0.2, 0.25) is 5.03 Å². The molecule has 1 heterocycles. The van der Waals surface area contributed by atoms with Crippen LogP contribution < -0.4 is 10.5 Å². The van der Waals surface area contributed by atoms with Gasteiger partial charge in [-0.25, -0.2) is 17.8 Å². The molecule has 0 amide bonds. The molecule has 1 atom stereocenters. The Morgan fingerprint density at radius 1 is 1.61 bits per heavy atom. The summed E-state index contributed by atoms with van der Waals surface area (Å²) in [5, 5.41) is 6.69. The Labute approximate surface area is 104 Å². The number of halogens is 1. The van der Waals surface area contributed by atoms with Gasteiger partial charge in [-0.3, -0.25) is 5.41 Å². The summed E-state index contributed by atoms with van der Waals surface area (Å²) in [6.45, 7) is 0. The van der Waals surface area contributed by atoms with Gasteiger partial charge in [0.05, 0.1) is 6.04 Å². The molecule has 1 aromatic heterocycles. The summed E-state index contributed by atoms with van der Waals surface area (Å²) < 4.78 is 39.5. The average molecular weight is 272 g/mol. The Bertz CT molecular complexity index is 571. The quantitative estimate of drug-likeness (QED) is 0.526. The third-order valence-electron chi connectivity index (χ3n) is 2.69. The van der Waals surface area contributed by atoms with Gasteiger partial charge >= 0.3 is 0 Å². The average Bonchev–Trinajstić information content (AvgIpc) is 3.10. The van der Waals surface area contributed by atoms with Crippen molar-refractivity contribution < 1.29 is 12.8 Å². The molecule has 2 rings (SSSR count). The molecule has 0 aromatic carbocycles. The molecule has 18 heavy (non-hydrogen) atoms. The SMILES string of the molecule is N=C(N)C(NS(=O)(=O)c1ncccc1F)C1CC1. The van der Waals surface area contributed by atoms with E-state index in [4.69, 9.17) is 11.1 Å². The molecular formula is C10H13FN4O2S. The van der Waals surface area contributed by atoms with Crippen molar-refractivity contribution in [3.8, 4) is 0 Å². The van der Waals surface area contributed by atoms with Crippen LogP contribution in [-0.2, 0) is 10.0 Å². The summed E-state index contributed by atoms with van der Waals surface area (Å²) in [6, 6.07) is 1.54. The minimum Gasteiger partial charge on any atom is -0.386 e. The maximum Gasteiger partial charge on any atom is 0.261 e. The van der Waals surface area contributed by atoms with E-state index in [0.717, 1.165) is 18.9 Å². The van der Waals surface area contributed by atoms with Crippen molar-refractivity contribution in [1.82, 2.24) is 9.71 Å². The van der Waals surface area contributed by atoms with Crippen molar-refractivity contribution in [2.45, 2.75) is 23.9 Å². The normalized spacial score (nSPS) is 17.4. The fraction of sp³-hybridized carbons (Fsp3) is 0.400. The van der Waals surface area contributed by atoms with Crippen molar-refractivity contribution in [3.63, 3.8) is 0 Å². The van der Waals surface area contributed by atoms with Crippen LogP contribution in [0.2, 0.25) is 0 Å². The Balaban J connectivity index is 2.26. The van der Waals surface area contributed by atoms with Crippen LogP contribution in [0.4, 0.5) is 4.39 Å². The fourth-order valence-electron chi connectivity index (χ4n) is 1.64. The lowest BCUT2D eigenvalue weighted by molar-refractivity contribution is 0.534. The predicted molar refractivity (Wildman–Crippen MR) is 62.9 cm³/mol. The minimum absolute atomic E-state index is 0.0176. The molecule has 8 heteroatoms. The molecule has 1 aromatic rings. The molecule has 1 aliphatic rings. The van der Waals surface area contributed by atoms with Crippen LogP contribution in [0.3, 0.4) is 0 Å². The highest BCUT2D eigenvalue weighted by atomic mass is 32.2. The van der Waals surface area contributed by atoms with Crippen LogP contribution in [0.15, 0.2) is 23.4 Å². The monoisotopic (exact) mass is 272 g/mol. The van der Waals surface area contributed by atoms with E-state index < -0.39 is 26.9 Å². The second-order valence-electron chi connectivity index (χ2n) is 4.18. The largest absolute Gasteiger partial charge is 0.386 e. The van der Waals surface area contributed by atoms with Crippen molar-refractivity contribution in [1.29, 1.82) is 5.41 Å². The number of nitrogens with two attached hydrogens (primary N) is 1. The van der Waals surface area contributed by atoms with Crippen LogP contribution in [0.5, 0.6) is 0 Å². The molecule has 1 saturated carbocycles. The molecule has 0 radical (unpaired) electrons. The van der Waals surface area contributed by atoms with Crippen LogP contribution in [0.1, 0.15) is 12.8 Å². The van der Waals surface area contributed by atoms with Crippen LogP contribution >= 0.6 is 0 Å². The number of nitrogens with zero attached hydrogens (tertiary/aromatic N) is 1. The number of hydrogen-bond acceptors (Lipinski definition) is 4. The lowest BCUT2D eigenvalue weighted by Gasteiger charge is -2.16. The first-order valence-corrected chi connectivity index (χ1v) is 6.87. The molecular weight excluding hydrogens is 259 g/mol. The van der Waals surface area contributed by atoms with Crippen molar-refractivity contribution in [3.05, 3.63) is 24.1 Å². The van der Waals surface area contributed by atoms with Gasteiger partial charge in [-0.15, -0.1) is 0 Å². The van der Waals surface area contributed by atoms with Crippen molar-refractivity contribution in [2.75, 3.05) is 0 Å². The first-order valence-electron chi connectivity index (χ1n) is 5.38. The van der Waals surface area contributed by atoms with Gasteiger partial charge in [-0.05, 0) is 30.9 Å². The van der Waals surface area contributed by atoms with Gasteiger partial charge in [0, 0.05) is 6.20 Å². The van der Waals surface area contributed by atoms with Gasteiger partial charge < -0.3 is 5.73 Å². The predicted octanol–water partition coefficient (Wildman–Crippen LogP) is 0.214. The zero-order valence-electron chi connectivity index (χ0n) is 9.43. The second-order valence-corrected chi connectivity index (χ2v) is 5.81. The van der Waals surface area contributed by atoms with Crippen molar-refractivity contribution >= 4 is 15.9 Å². The van der Waals surface area contributed by atoms with E-state index in [-0.39, 0.29) is 11.8 Å². The van der Waals surface area contributed by atoms with Gasteiger partial charge in [0.25, 0.3) is 10.0 Å². The summed E-state index contributed by atoms with van der Waals surface area (Å²) in [5.74, 6) is -1.18. The van der Waals surface area contributed by atoms with Crippen LogP contribution in [0, 0.1) is 17.1 Å². The Morgan fingerprint density at radius 2 is 2.28 bits per heavy atom. The fourth-order valence-corrected chi connectivity index (χ4v) is 2.92. The minimum atomic E-state index is -4.10. The van der Waals surface area contributed by atoms with Gasteiger partial charge in [-0.2, -0.15) is 4.72 Å². The highest BCUT2D eigenvalue weighted by molar-refractivity contribution is 7.89. The molecule has 1 unspecified atom stereocenters. The van der Waals surface area contributed by atoms with E-state index in [2.05, 4.69) is 9.71 Å². The Morgan fingerprint density at radius 3 is 2.78 bits per heavy atom. The molecule has 0 saturated heterocycles. The molecule has 0 spiro atoms. The first-order chi connectivity index (χ1) is 8.42. The summed E-state index contributed by atoms with van der Waals surface area (Å²) >= 11 is 0. The lowest BCUT2D eigenvalue weighted by atomic mass is 10.2. The zero-order chi connectivity index (χ0) is 13.3. The van der Waals surface area contributed by atoms with E-state index in [1.165, 1.54) is 12.3 Å². The summed E-state index contributed by atoms with van der Waals surface area (Å²) in [6.07, 6.45) is 2.80. The van der Waals surface area contributed by atoms with E-state index in [9.17, 15) is 12.8 Å². The standard InChI is InChI=1S/C10H13FN4O2S/c11-7-2-1-5-14-10(7)18(16,17)15-8(9(12)13)6-3-4-6/h1-2,5-6,8,15H,3-4H2,(H3,12,13). The summed E-state index contributed by atoms with van der Waals surface area (Å²) in [7, 11) is -4.10. The Kier molecular flexibility index (Phi) is 3.31. The number of amidine groups is 1. The lowest BCUT2D eigenvalue weighted by Crippen LogP contribution is -2.45.